The van der Waals surface area contributed by atoms with Gasteiger partial charge in [-0.2, -0.15) is 0 Å². The number of benzene rings is 2. The van der Waals surface area contributed by atoms with E-state index in [1.165, 1.54) is 12.1 Å². The maximum atomic E-state index is 12.5. The summed E-state index contributed by atoms with van der Waals surface area (Å²) in [5.41, 5.74) is 0.971. The summed E-state index contributed by atoms with van der Waals surface area (Å²) in [7, 11) is -3.57. The average molecular weight is 450 g/mol. The molecule has 0 saturated carbocycles. The first-order valence-corrected chi connectivity index (χ1v) is 11.5. The molecule has 1 atom stereocenters. The second-order valence-corrected chi connectivity index (χ2v) is 9.20. The van der Waals surface area contributed by atoms with E-state index in [1.54, 1.807) is 50.2 Å². The van der Waals surface area contributed by atoms with Crippen molar-refractivity contribution in [1.29, 1.82) is 0 Å². The molecule has 2 aromatic rings. The Morgan fingerprint density at radius 1 is 1.10 bits per heavy atom. The third-order valence-corrected chi connectivity index (χ3v) is 5.93. The molecule has 162 valence electrons. The third-order valence-electron chi connectivity index (χ3n) is 4.05. The van der Waals surface area contributed by atoms with Crippen LogP contribution in [0.1, 0.15) is 44.5 Å². The van der Waals surface area contributed by atoms with Crippen LogP contribution in [0.4, 0.5) is 5.69 Å². The summed E-state index contributed by atoms with van der Waals surface area (Å²) in [6, 6.07) is 12.7. The standard InChI is InChI=1S/C21H27N3O4S2/c1-5-15(4)28-18-8-6-7-16(13-18)20(25)23-21(29)22-17-9-11-19(12-10-17)30(26,27)24-14(2)3/h6-15,24H,5H2,1-4H3,(H2,22,23,25,29). The second kappa shape index (κ2) is 10.5. The van der Waals surface area contributed by atoms with Crippen LogP contribution in [0.2, 0.25) is 0 Å². The molecule has 0 aromatic heterocycles. The van der Waals surface area contributed by atoms with E-state index in [-0.39, 0.29) is 28.1 Å². The molecule has 1 unspecified atom stereocenters. The van der Waals surface area contributed by atoms with E-state index in [1.807, 2.05) is 13.8 Å². The van der Waals surface area contributed by atoms with Crippen molar-refractivity contribution in [3.8, 4) is 5.75 Å². The van der Waals surface area contributed by atoms with Gasteiger partial charge < -0.3 is 10.1 Å². The normalized spacial score (nSPS) is 12.3. The van der Waals surface area contributed by atoms with Crippen molar-refractivity contribution in [2.45, 2.75) is 51.2 Å². The van der Waals surface area contributed by atoms with Crippen molar-refractivity contribution in [3.63, 3.8) is 0 Å². The zero-order valence-corrected chi connectivity index (χ0v) is 19.1. The lowest BCUT2D eigenvalue weighted by atomic mass is 10.2. The Hall–Kier alpha value is -2.49. The lowest BCUT2D eigenvalue weighted by molar-refractivity contribution is 0.0977. The lowest BCUT2D eigenvalue weighted by Crippen LogP contribution is -2.34. The molecule has 2 rings (SSSR count). The van der Waals surface area contributed by atoms with Gasteiger partial charge in [-0.25, -0.2) is 13.1 Å². The van der Waals surface area contributed by atoms with Crippen LogP contribution >= 0.6 is 12.2 Å². The van der Waals surface area contributed by atoms with Crippen molar-refractivity contribution < 1.29 is 17.9 Å². The Bertz CT molecular complexity index is 990. The number of thiocarbonyl (C=S) groups is 1. The number of nitrogens with one attached hydrogen (secondary N) is 3. The van der Waals surface area contributed by atoms with Gasteiger partial charge in [0.05, 0.1) is 11.0 Å². The van der Waals surface area contributed by atoms with Crippen molar-refractivity contribution in [2.24, 2.45) is 0 Å². The molecule has 0 saturated heterocycles. The number of hydrogen-bond donors (Lipinski definition) is 3. The first-order valence-electron chi connectivity index (χ1n) is 9.62. The maximum absolute atomic E-state index is 12.5. The Balaban J connectivity index is 1.99. The van der Waals surface area contributed by atoms with Crippen LogP contribution in [0.15, 0.2) is 53.4 Å². The third kappa shape index (κ3) is 7.08. The lowest BCUT2D eigenvalue weighted by Gasteiger charge is -2.14. The van der Waals surface area contributed by atoms with Crippen LogP contribution in [-0.2, 0) is 10.0 Å². The summed E-state index contributed by atoms with van der Waals surface area (Å²) in [5.74, 6) is 0.241. The molecule has 0 bridgehead atoms. The van der Waals surface area contributed by atoms with E-state index < -0.39 is 10.0 Å². The Kier molecular flexibility index (Phi) is 8.33. The minimum atomic E-state index is -3.57. The van der Waals surface area contributed by atoms with Gasteiger partial charge in [-0.1, -0.05) is 13.0 Å². The molecule has 30 heavy (non-hydrogen) atoms. The van der Waals surface area contributed by atoms with Gasteiger partial charge in [-0.15, -0.1) is 0 Å². The zero-order valence-electron chi connectivity index (χ0n) is 17.4. The highest BCUT2D eigenvalue weighted by Gasteiger charge is 2.15. The summed E-state index contributed by atoms with van der Waals surface area (Å²) in [6.45, 7) is 7.48. The zero-order chi connectivity index (χ0) is 22.3. The van der Waals surface area contributed by atoms with Gasteiger partial charge >= 0.3 is 0 Å². The van der Waals surface area contributed by atoms with Gasteiger partial charge in [0, 0.05) is 17.3 Å². The van der Waals surface area contributed by atoms with Crippen molar-refractivity contribution >= 4 is 38.9 Å². The molecule has 1 amide bonds. The van der Waals surface area contributed by atoms with Gasteiger partial charge in [0.1, 0.15) is 5.75 Å². The van der Waals surface area contributed by atoms with E-state index in [4.69, 9.17) is 17.0 Å². The van der Waals surface area contributed by atoms with Crippen LogP contribution in [0.25, 0.3) is 0 Å². The average Bonchev–Trinajstić information content (AvgIpc) is 2.67. The summed E-state index contributed by atoms with van der Waals surface area (Å²) >= 11 is 5.19. The summed E-state index contributed by atoms with van der Waals surface area (Å²) in [6.07, 6.45) is 0.909. The Morgan fingerprint density at radius 2 is 1.77 bits per heavy atom. The van der Waals surface area contributed by atoms with Crippen LogP contribution in [0.5, 0.6) is 5.75 Å². The molecule has 0 heterocycles. The number of rotatable bonds is 8. The van der Waals surface area contributed by atoms with E-state index in [0.29, 0.717) is 17.0 Å². The number of ether oxygens (including phenoxy) is 1. The highest BCUT2D eigenvalue weighted by molar-refractivity contribution is 7.89. The molecule has 0 radical (unpaired) electrons. The predicted octanol–water partition coefficient (Wildman–Crippen LogP) is 3.68. The first kappa shape index (κ1) is 23.8. The van der Waals surface area contributed by atoms with Gasteiger partial charge in [-0.05, 0) is 81.9 Å². The molecule has 0 fully saturated rings. The van der Waals surface area contributed by atoms with Crippen LogP contribution in [0, 0.1) is 0 Å². The first-order chi connectivity index (χ1) is 14.1. The number of sulfonamides is 1. The van der Waals surface area contributed by atoms with Crippen LogP contribution < -0.4 is 20.1 Å². The van der Waals surface area contributed by atoms with E-state index in [0.717, 1.165) is 6.42 Å². The van der Waals surface area contributed by atoms with Crippen molar-refractivity contribution in [2.75, 3.05) is 5.32 Å². The van der Waals surface area contributed by atoms with Crippen LogP contribution in [0.3, 0.4) is 0 Å². The molecule has 0 aliphatic heterocycles. The number of carbonyl (C=O) groups excluding carboxylic acids is 1. The summed E-state index contributed by atoms with van der Waals surface area (Å²) in [4.78, 5) is 12.6. The molecule has 0 aliphatic carbocycles. The fourth-order valence-corrected chi connectivity index (χ4v) is 3.92. The predicted molar refractivity (Wildman–Crippen MR) is 122 cm³/mol. The SMILES string of the molecule is CCC(C)Oc1cccc(C(=O)NC(=S)Nc2ccc(S(=O)(=O)NC(C)C)cc2)c1. The summed E-state index contributed by atoms with van der Waals surface area (Å²) in [5, 5.41) is 5.58. The smallest absolute Gasteiger partial charge is 0.257 e. The van der Waals surface area contributed by atoms with Gasteiger partial charge in [0.2, 0.25) is 10.0 Å². The van der Waals surface area contributed by atoms with Crippen LogP contribution in [-0.4, -0.2) is 31.6 Å². The van der Waals surface area contributed by atoms with E-state index in [9.17, 15) is 13.2 Å². The molecule has 3 N–H and O–H groups in total. The largest absolute Gasteiger partial charge is 0.491 e. The molecule has 0 spiro atoms. The quantitative estimate of drug-likeness (QED) is 0.532. The second-order valence-electron chi connectivity index (χ2n) is 7.07. The monoisotopic (exact) mass is 449 g/mol. The van der Waals surface area contributed by atoms with Crippen molar-refractivity contribution in [3.05, 3.63) is 54.1 Å². The Morgan fingerprint density at radius 3 is 2.37 bits per heavy atom. The molecule has 0 aliphatic rings. The fourth-order valence-electron chi connectivity index (χ4n) is 2.46. The highest BCUT2D eigenvalue weighted by atomic mass is 32.2. The molecular weight excluding hydrogens is 422 g/mol. The van der Waals surface area contributed by atoms with E-state index in [2.05, 4.69) is 15.4 Å². The highest BCUT2D eigenvalue weighted by Crippen LogP contribution is 2.17. The maximum Gasteiger partial charge on any atom is 0.257 e. The fraction of sp³-hybridized carbons (Fsp3) is 0.333. The molecule has 9 heteroatoms. The van der Waals surface area contributed by atoms with Gasteiger partial charge in [0.25, 0.3) is 5.91 Å². The molecular formula is C21H27N3O4S2. The number of hydrogen-bond acceptors (Lipinski definition) is 5. The summed E-state index contributed by atoms with van der Waals surface area (Å²) < 4.78 is 32.6. The minimum Gasteiger partial charge on any atom is -0.491 e. The van der Waals surface area contributed by atoms with Crippen molar-refractivity contribution in [1.82, 2.24) is 10.0 Å². The minimum absolute atomic E-state index is 0.0496. The molecule has 7 nitrogen and oxygen atoms in total. The number of amides is 1. The topological polar surface area (TPSA) is 96.5 Å². The number of carbonyl (C=O) groups is 1. The van der Waals surface area contributed by atoms with Gasteiger partial charge in [0.15, 0.2) is 5.11 Å². The van der Waals surface area contributed by atoms with Gasteiger partial charge in [-0.3, -0.25) is 10.1 Å². The Labute approximate surface area is 183 Å². The molecule has 2 aromatic carbocycles. The number of anilines is 1. The van der Waals surface area contributed by atoms with E-state index >= 15 is 0 Å².